The number of hydrogen-bond acceptors (Lipinski definition) is 4. The van der Waals surface area contributed by atoms with Crippen LogP contribution in [-0.4, -0.2) is 9.97 Å². The fourth-order valence-electron chi connectivity index (χ4n) is 2.11. The summed E-state index contributed by atoms with van der Waals surface area (Å²) < 4.78 is 1.00. The highest BCUT2D eigenvalue weighted by Gasteiger charge is 2.06. The Hall–Kier alpha value is -2.34. The van der Waals surface area contributed by atoms with Crippen molar-refractivity contribution in [3.05, 3.63) is 56.8 Å². The van der Waals surface area contributed by atoms with Gasteiger partial charge in [0.05, 0.1) is 10.9 Å². The van der Waals surface area contributed by atoms with Gasteiger partial charge < -0.3 is 11.1 Å². The first-order valence-corrected chi connectivity index (χ1v) is 7.15. The number of halogens is 1. The predicted molar refractivity (Wildman–Crippen MR) is 88.9 cm³/mol. The van der Waals surface area contributed by atoms with E-state index in [9.17, 15) is 4.79 Å². The molecule has 0 atom stereocenters. The number of nitrogens with two attached hydrogens (primary N) is 1. The Bertz CT molecular complexity index is 888. The molecule has 3 aromatic rings. The average Bonchev–Trinajstić information content (AvgIpc) is 2.43. The molecular formula is C15H13BrN4O. The van der Waals surface area contributed by atoms with Crippen LogP contribution in [0.25, 0.3) is 10.9 Å². The zero-order valence-corrected chi connectivity index (χ0v) is 12.9. The fraction of sp³-hybridized carbons (Fsp3) is 0.0667. The lowest BCUT2D eigenvalue weighted by atomic mass is 10.2. The van der Waals surface area contributed by atoms with Gasteiger partial charge in [-0.15, -0.1) is 0 Å². The van der Waals surface area contributed by atoms with E-state index in [0.29, 0.717) is 22.5 Å². The smallest absolute Gasteiger partial charge is 0.260 e. The number of hydrogen-bond donors (Lipinski definition) is 3. The highest BCUT2D eigenvalue weighted by Crippen LogP contribution is 2.22. The Morgan fingerprint density at radius 2 is 2.05 bits per heavy atom. The topological polar surface area (TPSA) is 83.8 Å². The third-order valence-corrected chi connectivity index (χ3v) is 3.66. The van der Waals surface area contributed by atoms with Gasteiger partial charge in [-0.3, -0.25) is 9.78 Å². The number of rotatable bonds is 2. The third-order valence-electron chi connectivity index (χ3n) is 3.17. The Balaban J connectivity index is 2.05. The number of aromatic nitrogens is 2. The molecule has 0 spiro atoms. The molecule has 1 aromatic heterocycles. The van der Waals surface area contributed by atoms with Gasteiger partial charge in [0.2, 0.25) is 5.95 Å². The second kappa shape index (κ2) is 5.21. The summed E-state index contributed by atoms with van der Waals surface area (Å²) in [5, 5.41) is 3.61. The molecule has 2 aromatic carbocycles. The van der Waals surface area contributed by atoms with Crippen molar-refractivity contribution in [2.24, 2.45) is 0 Å². The van der Waals surface area contributed by atoms with E-state index < -0.39 is 0 Å². The molecule has 1 heterocycles. The van der Waals surface area contributed by atoms with Gasteiger partial charge in [-0.1, -0.05) is 15.9 Å². The fourth-order valence-corrected chi connectivity index (χ4v) is 2.59. The molecule has 0 saturated carbocycles. The molecule has 0 fully saturated rings. The van der Waals surface area contributed by atoms with Gasteiger partial charge in [-0.05, 0) is 48.9 Å². The minimum absolute atomic E-state index is 0.218. The highest BCUT2D eigenvalue weighted by atomic mass is 79.9. The van der Waals surface area contributed by atoms with Crippen LogP contribution in [-0.2, 0) is 0 Å². The molecule has 0 amide bonds. The third kappa shape index (κ3) is 2.75. The summed E-state index contributed by atoms with van der Waals surface area (Å²) in [7, 11) is 0. The molecule has 21 heavy (non-hydrogen) atoms. The van der Waals surface area contributed by atoms with Crippen molar-refractivity contribution in [2.75, 3.05) is 11.1 Å². The molecule has 4 N–H and O–H groups in total. The van der Waals surface area contributed by atoms with Crippen LogP contribution in [0.2, 0.25) is 0 Å². The largest absolute Gasteiger partial charge is 0.399 e. The van der Waals surface area contributed by atoms with Crippen molar-refractivity contribution in [1.82, 2.24) is 9.97 Å². The molecular weight excluding hydrogens is 332 g/mol. The van der Waals surface area contributed by atoms with Crippen molar-refractivity contribution < 1.29 is 0 Å². The molecule has 0 unspecified atom stereocenters. The van der Waals surface area contributed by atoms with Gasteiger partial charge in [0, 0.05) is 15.8 Å². The molecule has 106 valence electrons. The van der Waals surface area contributed by atoms with Gasteiger partial charge in [0.1, 0.15) is 0 Å². The van der Waals surface area contributed by atoms with E-state index in [0.717, 1.165) is 15.7 Å². The number of fused-ring (bicyclic) bond motifs is 1. The van der Waals surface area contributed by atoms with Gasteiger partial charge in [0.15, 0.2) is 0 Å². The van der Waals surface area contributed by atoms with Gasteiger partial charge in [0.25, 0.3) is 5.56 Å². The molecule has 3 rings (SSSR count). The Morgan fingerprint density at radius 3 is 2.81 bits per heavy atom. The van der Waals surface area contributed by atoms with Crippen LogP contribution in [0.1, 0.15) is 5.56 Å². The second-order valence-electron chi connectivity index (χ2n) is 4.78. The quantitative estimate of drug-likeness (QED) is 0.622. The number of nitrogens with zero attached hydrogens (tertiary/aromatic N) is 1. The minimum Gasteiger partial charge on any atom is -0.399 e. The van der Waals surface area contributed by atoms with Crippen molar-refractivity contribution in [1.29, 1.82) is 0 Å². The Kier molecular flexibility index (Phi) is 3.39. The zero-order valence-electron chi connectivity index (χ0n) is 11.3. The van der Waals surface area contributed by atoms with Crippen LogP contribution in [0.5, 0.6) is 0 Å². The lowest BCUT2D eigenvalue weighted by molar-refractivity contribution is 1.16. The van der Waals surface area contributed by atoms with Gasteiger partial charge >= 0.3 is 0 Å². The van der Waals surface area contributed by atoms with E-state index in [4.69, 9.17) is 5.73 Å². The summed E-state index contributed by atoms with van der Waals surface area (Å²) in [4.78, 5) is 19.2. The summed E-state index contributed by atoms with van der Waals surface area (Å²) in [5.41, 5.74) is 8.54. The molecule has 0 radical (unpaired) electrons. The van der Waals surface area contributed by atoms with Crippen LogP contribution < -0.4 is 16.6 Å². The SMILES string of the molecule is Cc1cc(Br)ccc1Nc1nc2ccc(N)cc2c(=O)[nH]1. The second-order valence-corrected chi connectivity index (χ2v) is 5.69. The summed E-state index contributed by atoms with van der Waals surface area (Å²) in [6.07, 6.45) is 0. The number of nitrogens with one attached hydrogen (secondary N) is 2. The molecule has 5 nitrogen and oxygen atoms in total. The van der Waals surface area contributed by atoms with Crippen molar-refractivity contribution >= 4 is 44.2 Å². The first kappa shape index (κ1) is 13.6. The monoisotopic (exact) mass is 344 g/mol. The predicted octanol–water partition coefficient (Wildman–Crippen LogP) is 3.32. The van der Waals surface area contributed by atoms with Crippen LogP contribution in [0.3, 0.4) is 0 Å². The molecule has 0 saturated heterocycles. The summed E-state index contributed by atoms with van der Waals surface area (Å²) >= 11 is 3.42. The number of benzene rings is 2. The van der Waals surface area contributed by atoms with E-state index in [-0.39, 0.29) is 5.56 Å². The number of aryl methyl sites for hydroxylation is 1. The maximum atomic E-state index is 12.1. The normalized spacial score (nSPS) is 10.8. The van der Waals surface area contributed by atoms with Crippen molar-refractivity contribution in [3.8, 4) is 0 Å². The molecule has 0 aliphatic rings. The van der Waals surface area contributed by atoms with E-state index in [1.807, 2.05) is 25.1 Å². The van der Waals surface area contributed by atoms with Crippen molar-refractivity contribution in [2.45, 2.75) is 6.92 Å². The summed E-state index contributed by atoms with van der Waals surface area (Å²) in [6, 6.07) is 10.9. The van der Waals surface area contributed by atoms with E-state index >= 15 is 0 Å². The first-order chi connectivity index (χ1) is 10.0. The van der Waals surface area contributed by atoms with E-state index in [1.54, 1.807) is 18.2 Å². The number of aromatic amines is 1. The van der Waals surface area contributed by atoms with Gasteiger partial charge in [-0.2, -0.15) is 0 Å². The molecule has 6 heteroatoms. The van der Waals surface area contributed by atoms with Gasteiger partial charge in [-0.25, -0.2) is 4.98 Å². The van der Waals surface area contributed by atoms with Crippen LogP contribution in [0, 0.1) is 6.92 Å². The van der Waals surface area contributed by atoms with Crippen molar-refractivity contribution in [3.63, 3.8) is 0 Å². The Labute approximate surface area is 129 Å². The van der Waals surface area contributed by atoms with Crippen LogP contribution in [0.4, 0.5) is 17.3 Å². The van der Waals surface area contributed by atoms with Crippen LogP contribution >= 0.6 is 15.9 Å². The number of nitrogen functional groups attached to an aromatic ring is 1. The highest BCUT2D eigenvalue weighted by molar-refractivity contribution is 9.10. The standard InChI is InChI=1S/C15H13BrN4O/c1-8-6-9(16)2-4-12(8)18-15-19-13-5-3-10(17)7-11(13)14(21)20-15/h2-7H,17H2,1H3,(H2,18,19,20,21). The van der Waals surface area contributed by atoms with E-state index in [1.165, 1.54) is 0 Å². The van der Waals surface area contributed by atoms with E-state index in [2.05, 4.69) is 31.2 Å². The minimum atomic E-state index is -0.218. The van der Waals surface area contributed by atoms with Crippen LogP contribution in [0.15, 0.2) is 45.7 Å². The summed E-state index contributed by atoms with van der Waals surface area (Å²) in [5.74, 6) is 0.405. The number of H-pyrrole nitrogens is 1. The summed E-state index contributed by atoms with van der Waals surface area (Å²) in [6.45, 7) is 1.98. The lowest BCUT2D eigenvalue weighted by Gasteiger charge is -2.09. The Morgan fingerprint density at radius 1 is 1.24 bits per heavy atom. The molecule has 0 aliphatic carbocycles. The molecule has 0 bridgehead atoms. The maximum Gasteiger partial charge on any atom is 0.260 e. The molecule has 0 aliphatic heterocycles. The first-order valence-electron chi connectivity index (χ1n) is 6.36. The average molecular weight is 345 g/mol. The number of anilines is 3. The maximum absolute atomic E-state index is 12.1. The zero-order chi connectivity index (χ0) is 15.0. The lowest BCUT2D eigenvalue weighted by Crippen LogP contribution is -2.11.